The number of rotatable bonds is 1. The fourth-order valence-electron chi connectivity index (χ4n) is 1.97. The lowest BCUT2D eigenvalue weighted by atomic mass is 10.0. The third-order valence-electron chi connectivity index (χ3n) is 2.76. The molecule has 0 amide bonds. The van der Waals surface area contributed by atoms with Crippen LogP contribution in [0.1, 0.15) is 17.2 Å². The maximum atomic E-state index is 5.85. The highest BCUT2D eigenvalue weighted by atomic mass is 35.5. The van der Waals surface area contributed by atoms with E-state index in [1.54, 1.807) is 6.20 Å². The van der Waals surface area contributed by atoms with E-state index in [9.17, 15) is 0 Å². The van der Waals surface area contributed by atoms with Crippen molar-refractivity contribution in [2.75, 3.05) is 0 Å². The van der Waals surface area contributed by atoms with Crippen molar-refractivity contribution in [1.29, 1.82) is 0 Å². The van der Waals surface area contributed by atoms with E-state index in [0.29, 0.717) is 5.15 Å². The summed E-state index contributed by atoms with van der Waals surface area (Å²) in [6, 6.07) is 12.1. The van der Waals surface area contributed by atoms with Crippen LogP contribution in [0.5, 0.6) is 5.75 Å². The number of ether oxygens (including phenoxy) is 1. The zero-order valence-corrected chi connectivity index (χ0v) is 9.32. The second-order valence-corrected chi connectivity index (χ2v) is 4.22. The first-order chi connectivity index (χ1) is 7.83. The van der Waals surface area contributed by atoms with Crippen LogP contribution in [0.15, 0.2) is 42.6 Å². The van der Waals surface area contributed by atoms with Crippen LogP contribution < -0.4 is 4.74 Å². The summed E-state index contributed by atoms with van der Waals surface area (Å²) in [7, 11) is 0. The summed E-state index contributed by atoms with van der Waals surface area (Å²) in [6.07, 6.45) is 2.65. The Morgan fingerprint density at radius 3 is 2.88 bits per heavy atom. The highest BCUT2D eigenvalue weighted by molar-refractivity contribution is 6.29. The van der Waals surface area contributed by atoms with Gasteiger partial charge < -0.3 is 4.74 Å². The fourth-order valence-corrected chi connectivity index (χ4v) is 2.15. The molecule has 3 heteroatoms. The second-order valence-electron chi connectivity index (χ2n) is 3.84. The van der Waals surface area contributed by atoms with Crippen molar-refractivity contribution >= 4 is 11.6 Å². The monoisotopic (exact) mass is 231 g/mol. The van der Waals surface area contributed by atoms with E-state index in [0.717, 1.165) is 17.7 Å². The zero-order chi connectivity index (χ0) is 11.0. The van der Waals surface area contributed by atoms with E-state index in [4.69, 9.17) is 16.3 Å². The van der Waals surface area contributed by atoms with Gasteiger partial charge in [0.05, 0.1) is 6.20 Å². The number of hydrogen-bond donors (Lipinski definition) is 0. The first-order valence-electron chi connectivity index (χ1n) is 5.19. The first kappa shape index (κ1) is 9.67. The van der Waals surface area contributed by atoms with Gasteiger partial charge in [-0.2, -0.15) is 0 Å². The van der Waals surface area contributed by atoms with E-state index in [2.05, 4.69) is 17.1 Å². The topological polar surface area (TPSA) is 22.1 Å². The summed E-state index contributed by atoms with van der Waals surface area (Å²) in [5.74, 6) is 0.846. The lowest BCUT2D eigenvalue weighted by Gasteiger charge is -2.09. The van der Waals surface area contributed by atoms with Crippen LogP contribution >= 0.6 is 11.6 Å². The minimum atomic E-state index is 0.0940. The molecule has 0 saturated carbocycles. The summed E-state index contributed by atoms with van der Waals surface area (Å²) >= 11 is 5.85. The predicted molar refractivity (Wildman–Crippen MR) is 62.8 cm³/mol. The van der Waals surface area contributed by atoms with Gasteiger partial charge in [0, 0.05) is 12.0 Å². The number of halogens is 1. The minimum Gasteiger partial charge on any atom is -0.483 e. The Bertz CT molecular complexity index is 513. The van der Waals surface area contributed by atoms with E-state index < -0.39 is 0 Å². The van der Waals surface area contributed by atoms with Crippen LogP contribution in [0.3, 0.4) is 0 Å². The van der Waals surface area contributed by atoms with Crippen LogP contribution in [0.2, 0.25) is 5.15 Å². The minimum absolute atomic E-state index is 0.0940. The third kappa shape index (κ3) is 1.65. The summed E-state index contributed by atoms with van der Waals surface area (Å²) < 4.78 is 5.83. The number of pyridine rings is 1. The smallest absolute Gasteiger partial charge is 0.142 e. The molecule has 2 heterocycles. The molecule has 0 fully saturated rings. The van der Waals surface area contributed by atoms with Gasteiger partial charge in [0.15, 0.2) is 0 Å². The molecule has 16 heavy (non-hydrogen) atoms. The SMILES string of the molecule is Clc1cc2c(cn1)OC(c1ccccc1)C2. The Balaban J connectivity index is 1.91. The van der Waals surface area contributed by atoms with Gasteiger partial charge in [-0.05, 0) is 11.6 Å². The Morgan fingerprint density at radius 2 is 2.06 bits per heavy atom. The van der Waals surface area contributed by atoms with Crippen molar-refractivity contribution in [1.82, 2.24) is 4.98 Å². The van der Waals surface area contributed by atoms with Gasteiger partial charge in [-0.3, -0.25) is 0 Å². The van der Waals surface area contributed by atoms with Gasteiger partial charge in [-0.25, -0.2) is 4.98 Å². The molecule has 1 unspecified atom stereocenters. The summed E-state index contributed by atoms with van der Waals surface area (Å²) in [6.45, 7) is 0. The van der Waals surface area contributed by atoms with Gasteiger partial charge in [0.2, 0.25) is 0 Å². The number of fused-ring (bicyclic) bond motifs is 1. The molecule has 1 atom stereocenters. The quantitative estimate of drug-likeness (QED) is 0.702. The molecule has 0 bridgehead atoms. The lowest BCUT2D eigenvalue weighted by Crippen LogP contribution is -2.02. The molecule has 0 radical (unpaired) electrons. The van der Waals surface area contributed by atoms with E-state index in [1.165, 1.54) is 5.56 Å². The van der Waals surface area contributed by atoms with Gasteiger partial charge >= 0.3 is 0 Å². The number of hydrogen-bond acceptors (Lipinski definition) is 2. The van der Waals surface area contributed by atoms with Crippen LogP contribution in [-0.4, -0.2) is 4.98 Å². The van der Waals surface area contributed by atoms with Crippen LogP contribution in [0.4, 0.5) is 0 Å². The normalized spacial score (nSPS) is 17.9. The molecule has 1 aromatic heterocycles. The average molecular weight is 232 g/mol. The number of nitrogens with zero attached hydrogens (tertiary/aromatic N) is 1. The molecule has 1 aliphatic heterocycles. The van der Waals surface area contributed by atoms with Gasteiger partial charge in [-0.1, -0.05) is 41.9 Å². The number of benzene rings is 1. The van der Waals surface area contributed by atoms with Crippen LogP contribution in [0.25, 0.3) is 0 Å². The molecular formula is C13H10ClNO. The fraction of sp³-hybridized carbons (Fsp3) is 0.154. The average Bonchev–Trinajstić information content (AvgIpc) is 2.73. The van der Waals surface area contributed by atoms with Crippen molar-refractivity contribution in [3.8, 4) is 5.75 Å². The van der Waals surface area contributed by atoms with Crippen molar-refractivity contribution in [3.05, 3.63) is 58.9 Å². The summed E-state index contributed by atoms with van der Waals surface area (Å²) in [5.41, 5.74) is 2.32. The molecule has 2 aromatic rings. The molecule has 1 aromatic carbocycles. The Kier molecular flexibility index (Phi) is 2.29. The summed E-state index contributed by atoms with van der Waals surface area (Å²) in [5, 5.41) is 0.524. The molecule has 80 valence electrons. The van der Waals surface area contributed by atoms with Crippen molar-refractivity contribution in [2.24, 2.45) is 0 Å². The van der Waals surface area contributed by atoms with Crippen LogP contribution in [0, 0.1) is 0 Å². The molecule has 0 aliphatic carbocycles. The summed E-state index contributed by atoms with van der Waals surface area (Å²) in [4.78, 5) is 4.02. The lowest BCUT2D eigenvalue weighted by molar-refractivity contribution is 0.238. The molecule has 0 spiro atoms. The molecule has 0 N–H and O–H groups in total. The zero-order valence-electron chi connectivity index (χ0n) is 8.56. The molecule has 3 rings (SSSR count). The first-order valence-corrected chi connectivity index (χ1v) is 5.57. The Hall–Kier alpha value is -1.54. The molecule has 2 nitrogen and oxygen atoms in total. The van der Waals surface area contributed by atoms with Crippen molar-refractivity contribution in [2.45, 2.75) is 12.5 Å². The van der Waals surface area contributed by atoms with Gasteiger partial charge in [-0.15, -0.1) is 0 Å². The molecule has 0 saturated heterocycles. The van der Waals surface area contributed by atoms with E-state index >= 15 is 0 Å². The maximum absolute atomic E-state index is 5.85. The largest absolute Gasteiger partial charge is 0.483 e. The highest BCUT2D eigenvalue weighted by Gasteiger charge is 2.24. The third-order valence-corrected chi connectivity index (χ3v) is 2.97. The van der Waals surface area contributed by atoms with E-state index in [1.807, 2.05) is 24.3 Å². The highest BCUT2D eigenvalue weighted by Crippen LogP contribution is 2.36. The molecule has 1 aliphatic rings. The van der Waals surface area contributed by atoms with Crippen molar-refractivity contribution < 1.29 is 4.74 Å². The van der Waals surface area contributed by atoms with Crippen molar-refractivity contribution in [3.63, 3.8) is 0 Å². The molecular weight excluding hydrogens is 222 g/mol. The standard InChI is InChI=1S/C13H10ClNO/c14-13-7-10-6-11(16-12(10)8-15-13)9-4-2-1-3-5-9/h1-5,7-8,11H,6H2. The van der Waals surface area contributed by atoms with Gasteiger partial charge in [0.25, 0.3) is 0 Å². The van der Waals surface area contributed by atoms with Gasteiger partial charge in [0.1, 0.15) is 17.0 Å². The Morgan fingerprint density at radius 1 is 1.25 bits per heavy atom. The van der Waals surface area contributed by atoms with E-state index in [-0.39, 0.29) is 6.10 Å². The second kappa shape index (κ2) is 3.80. The van der Waals surface area contributed by atoms with Crippen LogP contribution in [-0.2, 0) is 6.42 Å². The number of aromatic nitrogens is 1. The Labute approximate surface area is 98.8 Å². The predicted octanol–water partition coefficient (Wildman–Crippen LogP) is 3.41. The maximum Gasteiger partial charge on any atom is 0.142 e.